The Morgan fingerprint density at radius 2 is 1.97 bits per heavy atom. The Morgan fingerprint density at radius 1 is 1.18 bits per heavy atom. The molecule has 178 valence electrons. The molecule has 1 aromatic rings. The van der Waals surface area contributed by atoms with Gasteiger partial charge in [0.1, 0.15) is 6.61 Å². The Labute approximate surface area is 198 Å². The Balaban J connectivity index is 2.06. The minimum absolute atomic E-state index is 0.0233. The lowest BCUT2D eigenvalue weighted by molar-refractivity contribution is -0.138. The van der Waals surface area contributed by atoms with E-state index < -0.39 is 17.9 Å². The van der Waals surface area contributed by atoms with Crippen molar-refractivity contribution in [3.05, 3.63) is 46.3 Å². The van der Waals surface area contributed by atoms with Crippen LogP contribution in [-0.2, 0) is 19.1 Å². The van der Waals surface area contributed by atoms with Gasteiger partial charge in [-0.05, 0) is 50.1 Å². The Kier molecular flexibility index (Phi) is 8.61. The molecule has 0 radical (unpaired) electrons. The number of carbonyl (C=O) groups excluding carboxylic acids is 3. The zero-order valence-corrected chi connectivity index (χ0v) is 20.4. The zero-order valence-electron chi connectivity index (χ0n) is 19.6. The maximum absolute atomic E-state index is 13.2. The van der Waals surface area contributed by atoms with Crippen molar-refractivity contribution >= 4 is 29.5 Å². The van der Waals surface area contributed by atoms with Crippen molar-refractivity contribution in [1.29, 1.82) is 0 Å². The van der Waals surface area contributed by atoms with Gasteiger partial charge in [0, 0.05) is 42.0 Å². The third-order valence-corrected chi connectivity index (χ3v) is 6.38. The minimum Gasteiger partial charge on any atom is -0.490 e. The van der Waals surface area contributed by atoms with Gasteiger partial charge in [-0.25, -0.2) is 4.79 Å². The number of dihydropyridines is 1. The van der Waals surface area contributed by atoms with Crippen LogP contribution in [0.15, 0.2) is 40.7 Å². The molecule has 1 heterocycles. The van der Waals surface area contributed by atoms with E-state index >= 15 is 0 Å². The molecule has 1 unspecified atom stereocenters. The van der Waals surface area contributed by atoms with Gasteiger partial charge in [-0.2, -0.15) is 11.8 Å². The fourth-order valence-electron chi connectivity index (χ4n) is 4.21. The third kappa shape index (κ3) is 5.79. The molecule has 2 aliphatic rings. The average Bonchev–Trinajstić information content (AvgIpc) is 2.77. The molecule has 1 atom stereocenters. The predicted molar refractivity (Wildman–Crippen MR) is 127 cm³/mol. The summed E-state index contributed by atoms with van der Waals surface area (Å²) >= 11 is 1.70. The molecule has 0 amide bonds. The van der Waals surface area contributed by atoms with E-state index in [0.29, 0.717) is 59.3 Å². The van der Waals surface area contributed by atoms with Crippen LogP contribution in [0.4, 0.5) is 0 Å². The fourth-order valence-corrected chi connectivity index (χ4v) is 4.70. The molecule has 0 spiro atoms. The van der Waals surface area contributed by atoms with E-state index in [0.717, 1.165) is 24.3 Å². The number of Topliss-reactive ketones (excluding diaryl/α,β-unsaturated/α-hetero) is 1. The first-order valence-corrected chi connectivity index (χ1v) is 12.5. The third-order valence-electron chi connectivity index (χ3n) is 5.52. The van der Waals surface area contributed by atoms with E-state index in [4.69, 9.17) is 14.2 Å². The van der Waals surface area contributed by atoms with E-state index in [2.05, 4.69) is 12.2 Å². The van der Waals surface area contributed by atoms with E-state index in [9.17, 15) is 14.4 Å². The summed E-state index contributed by atoms with van der Waals surface area (Å²) < 4.78 is 16.6. The normalized spacial score (nSPS) is 17.9. The van der Waals surface area contributed by atoms with Crippen molar-refractivity contribution in [3.63, 3.8) is 0 Å². The monoisotopic (exact) mass is 473 g/mol. The number of benzene rings is 1. The first-order chi connectivity index (χ1) is 15.9. The van der Waals surface area contributed by atoms with E-state index in [1.807, 2.05) is 13.8 Å². The van der Waals surface area contributed by atoms with Crippen LogP contribution in [-0.4, -0.2) is 42.4 Å². The molecule has 3 rings (SSSR count). The molecule has 1 aliphatic heterocycles. The highest BCUT2D eigenvalue weighted by Gasteiger charge is 2.39. The van der Waals surface area contributed by atoms with Crippen molar-refractivity contribution in [2.45, 2.75) is 52.9 Å². The molecule has 7 nitrogen and oxygen atoms in total. The second-order valence-corrected chi connectivity index (χ2v) is 9.23. The van der Waals surface area contributed by atoms with E-state index in [1.165, 1.54) is 6.92 Å². The molecule has 0 aromatic heterocycles. The van der Waals surface area contributed by atoms with Gasteiger partial charge in [0.25, 0.3) is 0 Å². The number of hydrogen-bond acceptors (Lipinski definition) is 8. The van der Waals surface area contributed by atoms with Gasteiger partial charge in [-0.3, -0.25) is 9.59 Å². The van der Waals surface area contributed by atoms with Crippen molar-refractivity contribution in [3.8, 4) is 11.5 Å². The number of esters is 2. The topological polar surface area (TPSA) is 90.9 Å². The van der Waals surface area contributed by atoms with Gasteiger partial charge >= 0.3 is 11.9 Å². The highest BCUT2D eigenvalue weighted by atomic mass is 32.2. The summed E-state index contributed by atoms with van der Waals surface area (Å²) in [6, 6.07) is 5.17. The number of ether oxygens (including phenoxy) is 3. The van der Waals surface area contributed by atoms with Crippen molar-refractivity contribution in [1.82, 2.24) is 5.32 Å². The number of thioether (sulfide) groups is 1. The van der Waals surface area contributed by atoms with Crippen LogP contribution in [0.25, 0.3) is 0 Å². The van der Waals surface area contributed by atoms with Crippen LogP contribution >= 0.6 is 11.8 Å². The first kappa shape index (κ1) is 24.9. The SMILES string of the molecule is CCOc1cc(C2C(C(=O)OCCSCC)=C(C)NC3=C2C(=O)CCC3)ccc1OC(C)=O. The van der Waals surface area contributed by atoms with Gasteiger partial charge in [-0.1, -0.05) is 13.0 Å². The summed E-state index contributed by atoms with van der Waals surface area (Å²) in [5, 5.41) is 3.29. The van der Waals surface area contributed by atoms with E-state index in [1.54, 1.807) is 30.0 Å². The Hall–Kier alpha value is -2.74. The van der Waals surface area contributed by atoms with Gasteiger partial charge in [0.05, 0.1) is 12.2 Å². The summed E-state index contributed by atoms with van der Waals surface area (Å²) in [4.78, 5) is 37.7. The largest absolute Gasteiger partial charge is 0.490 e. The number of rotatable bonds is 9. The summed E-state index contributed by atoms with van der Waals surface area (Å²) in [5.41, 5.74) is 3.28. The Bertz CT molecular complexity index is 997. The molecular weight excluding hydrogens is 442 g/mol. The number of allylic oxidation sites excluding steroid dienone is 3. The molecule has 0 saturated carbocycles. The summed E-state index contributed by atoms with van der Waals surface area (Å²) in [6.07, 6.45) is 1.96. The summed E-state index contributed by atoms with van der Waals surface area (Å²) in [7, 11) is 0. The molecule has 1 aliphatic carbocycles. The van der Waals surface area contributed by atoms with Crippen LogP contribution < -0.4 is 14.8 Å². The van der Waals surface area contributed by atoms with Crippen LogP contribution in [0.1, 0.15) is 58.4 Å². The second kappa shape index (κ2) is 11.4. The number of carbonyl (C=O) groups is 3. The van der Waals surface area contributed by atoms with Crippen LogP contribution in [0.2, 0.25) is 0 Å². The van der Waals surface area contributed by atoms with Gasteiger partial charge in [-0.15, -0.1) is 0 Å². The quantitative estimate of drug-likeness (QED) is 0.323. The lowest BCUT2D eigenvalue weighted by atomic mass is 9.75. The molecule has 0 saturated heterocycles. The molecule has 1 N–H and O–H groups in total. The van der Waals surface area contributed by atoms with E-state index in [-0.39, 0.29) is 5.78 Å². The second-order valence-electron chi connectivity index (χ2n) is 7.83. The van der Waals surface area contributed by atoms with Gasteiger partial charge < -0.3 is 19.5 Å². The number of nitrogens with one attached hydrogen (secondary N) is 1. The predicted octanol–water partition coefficient (Wildman–Crippen LogP) is 4.27. The summed E-state index contributed by atoms with van der Waals surface area (Å²) in [5.74, 6) is 0.901. The van der Waals surface area contributed by atoms with Gasteiger partial charge in [0.15, 0.2) is 17.3 Å². The fraction of sp³-hybridized carbons (Fsp3) is 0.480. The smallest absolute Gasteiger partial charge is 0.336 e. The number of ketones is 1. The maximum Gasteiger partial charge on any atom is 0.336 e. The standard InChI is InChI=1S/C25H31NO6S/c1-5-30-21-14-17(10-11-20(21)32-16(4)27)23-22(25(29)31-12-13-33-6-2)15(3)26-18-8-7-9-19(28)24(18)23/h10-11,14,23,26H,5-9,12-13H2,1-4H3. The molecule has 0 bridgehead atoms. The van der Waals surface area contributed by atoms with Crippen LogP contribution in [0, 0.1) is 0 Å². The molecule has 1 aromatic carbocycles. The van der Waals surface area contributed by atoms with Crippen molar-refractivity contribution < 1.29 is 28.6 Å². The Morgan fingerprint density at radius 3 is 2.67 bits per heavy atom. The van der Waals surface area contributed by atoms with Crippen LogP contribution in [0.3, 0.4) is 0 Å². The van der Waals surface area contributed by atoms with Crippen molar-refractivity contribution in [2.24, 2.45) is 0 Å². The molecule has 8 heteroatoms. The van der Waals surface area contributed by atoms with Gasteiger partial charge in [0.2, 0.25) is 0 Å². The van der Waals surface area contributed by atoms with Crippen molar-refractivity contribution in [2.75, 3.05) is 24.7 Å². The summed E-state index contributed by atoms with van der Waals surface area (Å²) in [6.45, 7) is 7.72. The average molecular weight is 474 g/mol. The highest BCUT2D eigenvalue weighted by molar-refractivity contribution is 7.99. The first-order valence-electron chi connectivity index (χ1n) is 11.3. The minimum atomic E-state index is -0.578. The molecule has 0 fully saturated rings. The molecular formula is C25H31NO6S. The van der Waals surface area contributed by atoms with Crippen LogP contribution in [0.5, 0.6) is 11.5 Å². The lowest BCUT2D eigenvalue weighted by Gasteiger charge is -2.34. The highest BCUT2D eigenvalue weighted by Crippen LogP contribution is 2.44. The molecule has 33 heavy (non-hydrogen) atoms. The maximum atomic E-state index is 13.2. The lowest BCUT2D eigenvalue weighted by Crippen LogP contribution is -2.34. The number of hydrogen-bond donors (Lipinski definition) is 1. The zero-order chi connectivity index (χ0) is 24.0.